The van der Waals surface area contributed by atoms with Crippen LogP contribution < -0.4 is 10.6 Å². The van der Waals surface area contributed by atoms with Gasteiger partial charge in [-0.25, -0.2) is 13.6 Å². The molecule has 1 amide bonds. The summed E-state index contributed by atoms with van der Waals surface area (Å²) in [6, 6.07) is 13.3. The topological polar surface area (TPSA) is 50.4 Å². The van der Waals surface area contributed by atoms with E-state index in [-0.39, 0.29) is 18.7 Å². The Labute approximate surface area is 145 Å². The summed E-state index contributed by atoms with van der Waals surface area (Å²) in [5, 5.41) is 6.01. The van der Waals surface area contributed by atoms with Crippen molar-refractivity contribution in [3.05, 3.63) is 71.3 Å². The Morgan fingerprint density at radius 1 is 1.08 bits per heavy atom. The van der Waals surface area contributed by atoms with E-state index in [2.05, 4.69) is 10.6 Å². The first-order valence-electron chi connectivity index (χ1n) is 8.24. The summed E-state index contributed by atoms with van der Waals surface area (Å²) in [5.74, 6) is -1.13. The fourth-order valence-corrected chi connectivity index (χ4v) is 2.75. The number of nitrogens with one attached hydrogen (secondary N) is 2. The number of benzene rings is 2. The molecule has 0 atom stereocenters. The van der Waals surface area contributed by atoms with Gasteiger partial charge in [0.05, 0.1) is 0 Å². The Hall–Kier alpha value is -2.47. The van der Waals surface area contributed by atoms with Gasteiger partial charge in [-0.15, -0.1) is 0 Å². The van der Waals surface area contributed by atoms with Crippen LogP contribution in [0.3, 0.4) is 0 Å². The number of amides is 1. The quantitative estimate of drug-likeness (QED) is 0.842. The maximum Gasteiger partial charge on any atom is 0.407 e. The Bertz CT molecular complexity index is 719. The predicted molar refractivity (Wildman–Crippen MR) is 89.8 cm³/mol. The summed E-state index contributed by atoms with van der Waals surface area (Å²) in [6.45, 7) is 0.576. The Morgan fingerprint density at radius 3 is 2.56 bits per heavy atom. The first-order chi connectivity index (χ1) is 12.1. The molecule has 4 nitrogen and oxygen atoms in total. The number of hydrogen-bond donors (Lipinski definition) is 2. The fourth-order valence-electron chi connectivity index (χ4n) is 2.75. The summed E-state index contributed by atoms with van der Waals surface area (Å²) in [6.07, 6.45) is 1.07. The van der Waals surface area contributed by atoms with Gasteiger partial charge in [0.25, 0.3) is 0 Å². The number of carbonyl (C=O) groups excluding carboxylic acids is 1. The molecule has 0 heterocycles. The van der Waals surface area contributed by atoms with Gasteiger partial charge in [-0.2, -0.15) is 0 Å². The van der Waals surface area contributed by atoms with E-state index in [1.165, 1.54) is 12.1 Å². The average molecular weight is 346 g/mol. The van der Waals surface area contributed by atoms with Crippen LogP contribution in [-0.2, 0) is 17.9 Å². The molecule has 1 aliphatic rings. The van der Waals surface area contributed by atoms with Gasteiger partial charge in [-0.3, -0.25) is 0 Å². The highest BCUT2D eigenvalue weighted by atomic mass is 19.1. The SMILES string of the molecule is O=C(NC1CC(NCc2ccc(F)cc2F)C1)OCc1ccccc1. The van der Waals surface area contributed by atoms with Crippen LogP contribution in [0.2, 0.25) is 0 Å². The lowest BCUT2D eigenvalue weighted by molar-refractivity contribution is 0.125. The van der Waals surface area contributed by atoms with E-state index < -0.39 is 17.7 Å². The molecule has 2 N–H and O–H groups in total. The number of hydrogen-bond acceptors (Lipinski definition) is 3. The normalized spacial score (nSPS) is 19.1. The monoisotopic (exact) mass is 346 g/mol. The molecule has 0 bridgehead atoms. The lowest BCUT2D eigenvalue weighted by Crippen LogP contribution is -2.52. The molecule has 0 spiro atoms. The summed E-state index contributed by atoms with van der Waals surface area (Å²) in [4.78, 5) is 11.7. The molecule has 6 heteroatoms. The molecule has 0 radical (unpaired) electrons. The summed E-state index contributed by atoms with van der Waals surface area (Å²) < 4.78 is 31.6. The molecule has 2 aromatic rings. The minimum Gasteiger partial charge on any atom is -0.445 e. The molecule has 132 valence electrons. The van der Waals surface area contributed by atoms with E-state index in [0.717, 1.165) is 24.5 Å². The fraction of sp³-hybridized carbons (Fsp3) is 0.316. The third kappa shape index (κ3) is 5.00. The van der Waals surface area contributed by atoms with Crippen molar-refractivity contribution in [1.82, 2.24) is 10.6 Å². The van der Waals surface area contributed by atoms with Crippen molar-refractivity contribution in [3.63, 3.8) is 0 Å². The zero-order valence-corrected chi connectivity index (χ0v) is 13.7. The van der Waals surface area contributed by atoms with Gasteiger partial charge in [-0.05, 0) is 24.5 Å². The Kier molecular flexibility index (Phi) is 5.60. The molecule has 1 aliphatic carbocycles. The van der Waals surface area contributed by atoms with Gasteiger partial charge in [0.1, 0.15) is 18.2 Å². The van der Waals surface area contributed by atoms with Crippen molar-refractivity contribution >= 4 is 6.09 Å². The first-order valence-corrected chi connectivity index (χ1v) is 8.24. The third-order valence-electron chi connectivity index (χ3n) is 4.27. The number of carbonyl (C=O) groups is 1. The van der Waals surface area contributed by atoms with Crippen molar-refractivity contribution in [2.24, 2.45) is 0 Å². The number of halogens is 2. The van der Waals surface area contributed by atoms with Crippen LogP contribution in [0.4, 0.5) is 13.6 Å². The van der Waals surface area contributed by atoms with Crippen molar-refractivity contribution in [2.45, 2.75) is 38.1 Å². The predicted octanol–water partition coefficient (Wildman–Crippen LogP) is 3.51. The maximum atomic E-state index is 13.5. The molecular weight excluding hydrogens is 326 g/mol. The molecule has 0 aliphatic heterocycles. The van der Waals surface area contributed by atoms with Crippen LogP contribution in [0.15, 0.2) is 48.5 Å². The minimum atomic E-state index is -0.580. The van der Waals surface area contributed by atoms with E-state index >= 15 is 0 Å². The Balaban J connectivity index is 1.33. The second kappa shape index (κ2) is 8.07. The van der Waals surface area contributed by atoms with Gasteiger partial charge in [0, 0.05) is 30.3 Å². The van der Waals surface area contributed by atoms with Crippen LogP contribution in [-0.4, -0.2) is 18.2 Å². The van der Waals surface area contributed by atoms with E-state index in [0.29, 0.717) is 12.1 Å². The van der Waals surface area contributed by atoms with Crippen LogP contribution in [0.5, 0.6) is 0 Å². The molecule has 0 saturated heterocycles. The summed E-state index contributed by atoms with van der Waals surface area (Å²) in [5.41, 5.74) is 1.37. The summed E-state index contributed by atoms with van der Waals surface area (Å²) >= 11 is 0. The van der Waals surface area contributed by atoms with Gasteiger partial charge in [0.2, 0.25) is 0 Å². The average Bonchev–Trinajstić information content (AvgIpc) is 2.57. The van der Waals surface area contributed by atoms with E-state index in [1.807, 2.05) is 30.3 Å². The first kappa shape index (κ1) is 17.4. The molecule has 2 aromatic carbocycles. The number of rotatable bonds is 6. The van der Waals surface area contributed by atoms with Gasteiger partial charge >= 0.3 is 6.09 Å². The molecular formula is C19H20F2N2O2. The zero-order chi connectivity index (χ0) is 17.6. The highest BCUT2D eigenvalue weighted by molar-refractivity contribution is 5.67. The number of ether oxygens (including phenoxy) is 1. The van der Waals surface area contributed by atoms with Crippen LogP contribution >= 0.6 is 0 Å². The lowest BCUT2D eigenvalue weighted by atomic mass is 9.87. The molecule has 1 fully saturated rings. The Morgan fingerprint density at radius 2 is 1.84 bits per heavy atom. The van der Waals surface area contributed by atoms with E-state index in [1.54, 1.807) is 0 Å². The largest absolute Gasteiger partial charge is 0.445 e. The van der Waals surface area contributed by atoms with Crippen LogP contribution in [0.1, 0.15) is 24.0 Å². The highest BCUT2D eigenvalue weighted by Gasteiger charge is 2.30. The number of alkyl carbamates (subject to hydrolysis) is 1. The van der Waals surface area contributed by atoms with Crippen molar-refractivity contribution in [2.75, 3.05) is 0 Å². The van der Waals surface area contributed by atoms with Crippen LogP contribution in [0, 0.1) is 11.6 Å². The summed E-state index contributed by atoms with van der Waals surface area (Å²) in [7, 11) is 0. The standard InChI is InChI=1S/C19H20F2N2O2/c20-15-7-6-14(18(21)8-15)11-22-16-9-17(10-16)23-19(24)25-12-13-4-2-1-3-5-13/h1-8,16-17,22H,9-12H2,(H,23,24). The molecule has 1 saturated carbocycles. The molecule has 25 heavy (non-hydrogen) atoms. The lowest BCUT2D eigenvalue weighted by Gasteiger charge is -2.36. The van der Waals surface area contributed by atoms with Crippen LogP contribution in [0.25, 0.3) is 0 Å². The van der Waals surface area contributed by atoms with E-state index in [4.69, 9.17) is 4.74 Å². The van der Waals surface area contributed by atoms with Crippen molar-refractivity contribution in [3.8, 4) is 0 Å². The van der Waals surface area contributed by atoms with Crippen molar-refractivity contribution in [1.29, 1.82) is 0 Å². The van der Waals surface area contributed by atoms with E-state index in [9.17, 15) is 13.6 Å². The zero-order valence-electron chi connectivity index (χ0n) is 13.7. The minimum absolute atomic E-state index is 0.0545. The smallest absolute Gasteiger partial charge is 0.407 e. The second-order valence-electron chi connectivity index (χ2n) is 6.19. The highest BCUT2D eigenvalue weighted by Crippen LogP contribution is 2.21. The maximum absolute atomic E-state index is 13.5. The second-order valence-corrected chi connectivity index (χ2v) is 6.19. The van der Waals surface area contributed by atoms with Gasteiger partial charge in [-0.1, -0.05) is 36.4 Å². The van der Waals surface area contributed by atoms with Crippen molar-refractivity contribution < 1.29 is 18.3 Å². The van der Waals surface area contributed by atoms with Gasteiger partial charge in [0.15, 0.2) is 0 Å². The molecule has 3 rings (SSSR count). The third-order valence-corrected chi connectivity index (χ3v) is 4.27. The van der Waals surface area contributed by atoms with Gasteiger partial charge < -0.3 is 15.4 Å². The molecule has 0 aromatic heterocycles. The molecule has 0 unspecified atom stereocenters.